The third-order valence-corrected chi connectivity index (χ3v) is 2.49. The maximum Gasteiger partial charge on any atom is 0.308 e. The van der Waals surface area contributed by atoms with Gasteiger partial charge in [0.2, 0.25) is 5.82 Å². The zero-order valence-corrected chi connectivity index (χ0v) is 10.4. The number of hydrogen-bond donors (Lipinski definition) is 1. The Hall–Kier alpha value is -2.09. The van der Waals surface area contributed by atoms with Crippen LogP contribution >= 0.6 is 0 Å². The molecule has 0 atom stereocenters. The number of amides is 1. The van der Waals surface area contributed by atoms with Crippen molar-refractivity contribution >= 4 is 11.6 Å². The first-order valence-electron chi connectivity index (χ1n) is 5.42. The van der Waals surface area contributed by atoms with Crippen LogP contribution in [0.2, 0.25) is 0 Å². The number of nitro benzene ring substituents is 1. The van der Waals surface area contributed by atoms with E-state index < -0.39 is 33.7 Å². The van der Waals surface area contributed by atoms with Crippen LogP contribution in [0.25, 0.3) is 0 Å². The molecule has 0 aliphatic rings. The Morgan fingerprint density at radius 1 is 1.47 bits per heavy atom. The number of nitrogens with one attached hydrogen (secondary N) is 1. The molecule has 0 radical (unpaired) electrons. The summed E-state index contributed by atoms with van der Waals surface area (Å²) in [6.45, 7) is 0.723. The van der Waals surface area contributed by atoms with Gasteiger partial charge in [-0.15, -0.1) is 0 Å². The van der Waals surface area contributed by atoms with Gasteiger partial charge >= 0.3 is 5.69 Å². The SMILES string of the molecule is CNCCN(C)C(=O)c1cc(F)cc([N+](=O)[O-])c1F. The van der Waals surface area contributed by atoms with Crippen LogP contribution in [0.1, 0.15) is 10.4 Å². The lowest BCUT2D eigenvalue weighted by Gasteiger charge is -2.17. The first-order chi connectivity index (χ1) is 8.88. The second kappa shape index (κ2) is 6.19. The Kier molecular flexibility index (Phi) is 4.87. The highest BCUT2D eigenvalue weighted by Gasteiger charge is 2.25. The highest BCUT2D eigenvalue weighted by atomic mass is 19.1. The van der Waals surface area contributed by atoms with Gasteiger partial charge in [0.25, 0.3) is 5.91 Å². The number of nitrogens with zero attached hydrogens (tertiary/aromatic N) is 2. The highest BCUT2D eigenvalue weighted by Crippen LogP contribution is 2.23. The van der Waals surface area contributed by atoms with Crippen molar-refractivity contribution in [1.29, 1.82) is 0 Å². The molecule has 0 unspecified atom stereocenters. The largest absolute Gasteiger partial charge is 0.340 e. The normalized spacial score (nSPS) is 10.3. The summed E-state index contributed by atoms with van der Waals surface area (Å²) in [7, 11) is 3.07. The minimum Gasteiger partial charge on any atom is -0.340 e. The van der Waals surface area contributed by atoms with Gasteiger partial charge in [-0.05, 0) is 13.1 Å². The van der Waals surface area contributed by atoms with Crippen LogP contribution < -0.4 is 5.32 Å². The summed E-state index contributed by atoms with van der Waals surface area (Å²) in [5.74, 6) is -3.17. The van der Waals surface area contributed by atoms with Crippen molar-refractivity contribution in [2.75, 3.05) is 27.2 Å². The number of nitro groups is 1. The molecule has 0 fully saturated rings. The first-order valence-corrected chi connectivity index (χ1v) is 5.42. The summed E-state index contributed by atoms with van der Waals surface area (Å²) in [4.78, 5) is 22.5. The van der Waals surface area contributed by atoms with Crippen LogP contribution in [0, 0.1) is 21.7 Å². The lowest BCUT2D eigenvalue weighted by Crippen LogP contribution is -2.33. The molecule has 19 heavy (non-hydrogen) atoms. The maximum absolute atomic E-state index is 13.8. The van der Waals surface area contributed by atoms with Crippen molar-refractivity contribution in [3.05, 3.63) is 39.4 Å². The van der Waals surface area contributed by atoms with Crippen molar-refractivity contribution in [3.63, 3.8) is 0 Å². The Morgan fingerprint density at radius 2 is 2.11 bits per heavy atom. The number of carbonyl (C=O) groups is 1. The van der Waals surface area contributed by atoms with Crippen LogP contribution in [-0.2, 0) is 0 Å². The van der Waals surface area contributed by atoms with Crippen molar-refractivity contribution in [2.45, 2.75) is 0 Å². The van der Waals surface area contributed by atoms with Crippen LogP contribution in [-0.4, -0.2) is 42.9 Å². The molecule has 0 spiro atoms. The number of hydrogen-bond acceptors (Lipinski definition) is 4. The van der Waals surface area contributed by atoms with Gasteiger partial charge in [-0.2, -0.15) is 4.39 Å². The van der Waals surface area contributed by atoms with E-state index in [1.165, 1.54) is 7.05 Å². The minimum atomic E-state index is -1.33. The molecule has 0 aliphatic carbocycles. The average Bonchev–Trinajstić information content (AvgIpc) is 2.37. The lowest BCUT2D eigenvalue weighted by molar-refractivity contribution is -0.387. The van der Waals surface area contributed by atoms with Crippen LogP contribution in [0.4, 0.5) is 14.5 Å². The Balaban J connectivity index is 3.13. The smallest absolute Gasteiger partial charge is 0.308 e. The van der Waals surface area contributed by atoms with E-state index in [1.807, 2.05) is 0 Å². The topological polar surface area (TPSA) is 75.5 Å². The zero-order valence-electron chi connectivity index (χ0n) is 10.4. The molecule has 0 aromatic heterocycles. The summed E-state index contributed by atoms with van der Waals surface area (Å²) in [5.41, 5.74) is -1.70. The Morgan fingerprint density at radius 3 is 2.63 bits per heavy atom. The van der Waals surface area contributed by atoms with Gasteiger partial charge in [-0.3, -0.25) is 14.9 Å². The van der Waals surface area contributed by atoms with E-state index in [0.29, 0.717) is 18.7 Å². The summed E-state index contributed by atoms with van der Waals surface area (Å²) in [5, 5.41) is 13.3. The number of likely N-dealkylation sites (N-methyl/N-ethyl adjacent to an activating group) is 2. The Bertz CT molecular complexity index is 508. The molecular weight excluding hydrogens is 260 g/mol. The predicted molar refractivity (Wildman–Crippen MR) is 63.9 cm³/mol. The number of carbonyl (C=O) groups excluding carboxylic acids is 1. The summed E-state index contributed by atoms with van der Waals surface area (Å²) in [6.07, 6.45) is 0. The molecule has 1 N–H and O–H groups in total. The van der Waals surface area contributed by atoms with Gasteiger partial charge in [-0.1, -0.05) is 0 Å². The molecule has 8 heteroatoms. The number of benzene rings is 1. The molecule has 104 valence electrons. The molecule has 0 saturated carbocycles. The number of rotatable bonds is 5. The quantitative estimate of drug-likeness (QED) is 0.645. The summed E-state index contributed by atoms with van der Waals surface area (Å²) >= 11 is 0. The first kappa shape index (κ1) is 15.0. The van der Waals surface area contributed by atoms with Gasteiger partial charge in [0.05, 0.1) is 16.6 Å². The second-order valence-electron chi connectivity index (χ2n) is 3.87. The van der Waals surface area contributed by atoms with Crippen molar-refractivity contribution in [3.8, 4) is 0 Å². The minimum absolute atomic E-state index is 0.263. The summed E-state index contributed by atoms with van der Waals surface area (Å²) in [6, 6.07) is 1.10. The van der Waals surface area contributed by atoms with E-state index in [2.05, 4.69) is 5.32 Å². The third kappa shape index (κ3) is 3.44. The fourth-order valence-corrected chi connectivity index (χ4v) is 1.45. The molecular formula is C11H13F2N3O3. The van der Waals surface area contributed by atoms with Gasteiger partial charge < -0.3 is 10.2 Å². The lowest BCUT2D eigenvalue weighted by atomic mass is 10.1. The molecule has 6 nitrogen and oxygen atoms in total. The molecule has 0 heterocycles. The molecule has 1 amide bonds. The van der Waals surface area contributed by atoms with Crippen molar-refractivity contribution in [2.24, 2.45) is 0 Å². The predicted octanol–water partition coefficient (Wildman–Crippen LogP) is 1.16. The molecule has 1 aromatic carbocycles. The van der Waals surface area contributed by atoms with Crippen LogP contribution in [0.5, 0.6) is 0 Å². The van der Waals surface area contributed by atoms with Gasteiger partial charge in [0, 0.05) is 20.1 Å². The summed E-state index contributed by atoms with van der Waals surface area (Å²) < 4.78 is 27.0. The van der Waals surface area contributed by atoms with Crippen molar-refractivity contribution < 1.29 is 18.5 Å². The third-order valence-electron chi connectivity index (χ3n) is 2.49. The molecule has 0 saturated heterocycles. The van der Waals surface area contributed by atoms with E-state index in [0.717, 1.165) is 4.90 Å². The zero-order chi connectivity index (χ0) is 14.6. The molecule has 0 aliphatic heterocycles. The maximum atomic E-state index is 13.8. The van der Waals surface area contributed by atoms with Crippen LogP contribution in [0.3, 0.4) is 0 Å². The van der Waals surface area contributed by atoms with Crippen molar-refractivity contribution in [1.82, 2.24) is 10.2 Å². The van der Waals surface area contributed by atoms with E-state index in [9.17, 15) is 23.7 Å². The second-order valence-corrected chi connectivity index (χ2v) is 3.87. The van der Waals surface area contributed by atoms with E-state index >= 15 is 0 Å². The van der Waals surface area contributed by atoms with Crippen LogP contribution in [0.15, 0.2) is 12.1 Å². The fraction of sp³-hybridized carbons (Fsp3) is 0.364. The standard InChI is InChI=1S/C11H13F2N3O3/c1-14-3-4-15(2)11(17)8-5-7(12)6-9(10(8)13)16(18)19/h5-6,14H,3-4H2,1-2H3. The highest BCUT2D eigenvalue weighted by molar-refractivity contribution is 5.95. The van der Waals surface area contributed by atoms with E-state index in [1.54, 1.807) is 7.05 Å². The van der Waals surface area contributed by atoms with Gasteiger partial charge in [0.1, 0.15) is 5.82 Å². The monoisotopic (exact) mass is 273 g/mol. The molecule has 1 aromatic rings. The van der Waals surface area contributed by atoms with E-state index in [-0.39, 0.29) is 6.54 Å². The fourth-order valence-electron chi connectivity index (χ4n) is 1.45. The average molecular weight is 273 g/mol. The van der Waals surface area contributed by atoms with Gasteiger partial charge in [-0.25, -0.2) is 4.39 Å². The molecule has 0 bridgehead atoms. The number of halogens is 2. The molecule has 1 rings (SSSR count). The van der Waals surface area contributed by atoms with E-state index in [4.69, 9.17) is 0 Å². The van der Waals surface area contributed by atoms with Gasteiger partial charge in [0.15, 0.2) is 0 Å². The Labute approximate surface area is 108 Å².